The van der Waals surface area contributed by atoms with Crippen LogP contribution in [0.2, 0.25) is 0 Å². The summed E-state index contributed by atoms with van der Waals surface area (Å²) < 4.78 is 14.6. The molecule has 4 nitrogen and oxygen atoms in total. The van der Waals surface area contributed by atoms with Crippen molar-refractivity contribution >= 4 is 10.9 Å². The Morgan fingerprint density at radius 2 is 2.05 bits per heavy atom. The van der Waals surface area contributed by atoms with Crippen LogP contribution < -0.4 is 5.56 Å². The van der Waals surface area contributed by atoms with Crippen molar-refractivity contribution in [3.8, 4) is 5.82 Å². The van der Waals surface area contributed by atoms with Crippen molar-refractivity contribution in [1.82, 2.24) is 14.5 Å². The van der Waals surface area contributed by atoms with Gasteiger partial charge in [-0.3, -0.25) is 4.79 Å². The molecule has 19 heavy (non-hydrogen) atoms. The van der Waals surface area contributed by atoms with Crippen molar-refractivity contribution in [2.45, 2.75) is 6.92 Å². The van der Waals surface area contributed by atoms with Crippen LogP contribution in [0.4, 0.5) is 4.39 Å². The third-order valence-electron chi connectivity index (χ3n) is 2.88. The Morgan fingerprint density at radius 1 is 1.21 bits per heavy atom. The van der Waals surface area contributed by atoms with Crippen LogP contribution >= 0.6 is 0 Å². The molecule has 3 aromatic rings. The van der Waals surface area contributed by atoms with Gasteiger partial charge in [-0.05, 0) is 37.3 Å². The molecule has 0 spiro atoms. The fraction of sp³-hybridized carbons (Fsp3) is 0.0714. The van der Waals surface area contributed by atoms with Gasteiger partial charge in [0.15, 0.2) is 0 Å². The SMILES string of the molecule is Cc1nc2ccc(F)cc2c(=O)n1-c1ccccn1. The molecule has 0 atom stereocenters. The highest BCUT2D eigenvalue weighted by Crippen LogP contribution is 2.12. The average Bonchev–Trinajstić information content (AvgIpc) is 2.41. The second-order valence-electron chi connectivity index (χ2n) is 4.15. The van der Waals surface area contributed by atoms with E-state index in [9.17, 15) is 9.18 Å². The van der Waals surface area contributed by atoms with Gasteiger partial charge in [-0.15, -0.1) is 0 Å². The van der Waals surface area contributed by atoms with Gasteiger partial charge in [0.25, 0.3) is 5.56 Å². The first-order chi connectivity index (χ1) is 9.16. The van der Waals surface area contributed by atoms with E-state index >= 15 is 0 Å². The van der Waals surface area contributed by atoms with Crippen LogP contribution in [0.25, 0.3) is 16.7 Å². The predicted octanol–water partition coefficient (Wildman–Crippen LogP) is 2.23. The Hall–Kier alpha value is -2.56. The first-order valence-electron chi connectivity index (χ1n) is 5.77. The number of pyridine rings is 1. The number of nitrogens with zero attached hydrogens (tertiary/aromatic N) is 3. The number of hydrogen-bond donors (Lipinski definition) is 0. The molecule has 0 aliphatic rings. The first-order valence-corrected chi connectivity index (χ1v) is 5.77. The number of rotatable bonds is 1. The molecule has 0 aliphatic heterocycles. The van der Waals surface area contributed by atoms with Gasteiger partial charge in [0.1, 0.15) is 17.5 Å². The fourth-order valence-electron chi connectivity index (χ4n) is 2.02. The zero-order valence-corrected chi connectivity index (χ0v) is 10.2. The van der Waals surface area contributed by atoms with E-state index in [0.717, 1.165) is 0 Å². The van der Waals surface area contributed by atoms with Crippen LogP contribution in [-0.2, 0) is 0 Å². The number of halogens is 1. The van der Waals surface area contributed by atoms with Crippen LogP contribution in [0.15, 0.2) is 47.4 Å². The van der Waals surface area contributed by atoms with E-state index in [1.54, 1.807) is 31.3 Å². The quantitative estimate of drug-likeness (QED) is 0.670. The number of aryl methyl sites for hydroxylation is 1. The molecule has 2 heterocycles. The van der Waals surface area contributed by atoms with E-state index in [0.29, 0.717) is 17.2 Å². The minimum absolute atomic E-state index is 0.247. The second-order valence-corrected chi connectivity index (χ2v) is 4.15. The average molecular weight is 255 g/mol. The normalized spacial score (nSPS) is 10.8. The summed E-state index contributed by atoms with van der Waals surface area (Å²) in [6.07, 6.45) is 1.59. The molecule has 0 radical (unpaired) electrons. The highest BCUT2D eigenvalue weighted by atomic mass is 19.1. The molecule has 1 aromatic carbocycles. The lowest BCUT2D eigenvalue weighted by atomic mass is 10.2. The summed E-state index contributed by atoms with van der Waals surface area (Å²) in [5, 5.41) is 0.247. The van der Waals surface area contributed by atoms with Crippen molar-refractivity contribution in [2.24, 2.45) is 0 Å². The van der Waals surface area contributed by atoms with Gasteiger partial charge in [0.05, 0.1) is 10.9 Å². The van der Waals surface area contributed by atoms with Gasteiger partial charge in [-0.2, -0.15) is 0 Å². The Balaban J connectivity index is 2.41. The number of fused-ring (bicyclic) bond motifs is 1. The predicted molar refractivity (Wildman–Crippen MR) is 69.8 cm³/mol. The smallest absolute Gasteiger partial charge is 0.267 e. The summed E-state index contributed by atoms with van der Waals surface area (Å²) in [6, 6.07) is 9.24. The maximum Gasteiger partial charge on any atom is 0.267 e. The Morgan fingerprint density at radius 3 is 2.79 bits per heavy atom. The zero-order chi connectivity index (χ0) is 13.4. The van der Waals surface area contributed by atoms with Crippen LogP contribution in [0.5, 0.6) is 0 Å². The van der Waals surface area contributed by atoms with Crippen molar-refractivity contribution in [3.63, 3.8) is 0 Å². The summed E-state index contributed by atoms with van der Waals surface area (Å²) in [7, 11) is 0. The second kappa shape index (κ2) is 4.28. The first kappa shape index (κ1) is 11.5. The third-order valence-corrected chi connectivity index (χ3v) is 2.88. The summed E-state index contributed by atoms with van der Waals surface area (Å²) in [4.78, 5) is 20.9. The van der Waals surface area contributed by atoms with Gasteiger partial charge >= 0.3 is 0 Å². The monoisotopic (exact) mass is 255 g/mol. The lowest BCUT2D eigenvalue weighted by molar-refractivity contribution is 0.629. The van der Waals surface area contributed by atoms with Gasteiger partial charge in [-0.1, -0.05) is 6.07 Å². The molecule has 0 saturated heterocycles. The maximum absolute atomic E-state index is 13.3. The molecule has 2 aromatic heterocycles. The van der Waals surface area contributed by atoms with Crippen molar-refractivity contribution < 1.29 is 4.39 Å². The molecule has 5 heteroatoms. The molecule has 0 bridgehead atoms. The standard InChI is InChI=1S/C14H10FN3O/c1-9-17-12-6-5-10(15)8-11(12)14(19)18(9)13-4-2-3-7-16-13/h2-8H,1H3. The lowest BCUT2D eigenvalue weighted by Crippen LogP contribution is -2.23. The van der Waals surface area contributed by atoms with Gasteiger partial charge in [-0.25, -0.2) is 18.9 Å². The molecule has 3 rings (SSSR count). The summed E-state index contributed by atoms with van der Waals surface area (Å²) in [5.41, 5.74) is 0.164. The molecule has 0 aliphatic carbocycles. The van der Waals surface area contributed by atoms with Crippen LogP contribution in [0.1, 0.15) is 5.82 Å². The molecule has 0 amide bonds. The Bertz CT molecular complexity index is 812. The Labute approximate surface area is 108 Å². The van der Waals surface area contributed by atoms with E-state index in [2.05, 4.69) is 9.97 Å². The van der Waals surface area contributed by atoms with Crippen LogP contribution in [0.3, 0.4) is 0 Å². The largest absolute Gasteiger partial charge is 0.268 e. The van der Waals surface area contributed by atoms with E-state index in [-0.39, 0.29) is 10.9 Å². The van der Waals surface area contributed by atoms with Crippen LogP contribution in [-0.4, -0.2) is 14.5 Å². The molecule has 0 N–H and O–H groups in total. The minimum Gasteiger partial charge on any atom is -0.268 e. The number of hydrogen-bond acceptors (Lipinski definition) is 3. The summed E-state index contributed by atoms with van der Waals surface area (Å²) >= 11 is 0. The summed E-state index contributed by atoms with van der Waals surface area (Å²) in [5.74, 6) is 0.536. The molecular weight excluding hydrogens is 245 g/mol. The molecule has 0 saturated carbocycles. The van der Waals surface area contributed by atoms with Crippen LogP contribution in [0, 0.1) is 12.7 Å². The highest BCUT2D eigenvalue weighted by Gasteiger charge is 2.10. The van der Waals surface area contributed by atoms with E-state index in [1.807, 2.05) is 0 Å². The topological polar surface area (TPSA) is 47.8 Å². The molecular formula is C14H10FN3O. The third kappa shape index (κ3) is 1.89. The van der Waals surface area contributed by atoms with Gasteiger partial charge < -0.3 is 0 Å². The number of aromatic nitrogens is 3. The van der Waals surface area contributed by atoms with Crippen molar-refractivity contribution in [1.29, 1.82) is 0 Å². The molecule has 0 unspecified atom stereocenters. The van der Waals surface area contributed by atoms with E-state index < -0.39 is 5.82 Å². The lowest BCUT2D eigenvalue weighted by Gasteiger charge is -2.09. The molecule has 0 fully saturated rings. The highest BCUT2D eigenvalue weighted by molar-refractivity contribution is 5.77. The van der Waals surface area contributed by atoms with Gasteiger partial charge in [0, 0.05) is 6.20 Å². The van der Waals surface area contributed by atoms with Gasteiger partial charge in [0.2, 0.25) is 0 Å². The minimum atomic E-state index is -0.456. The zero-order valence-electron chi connectivity index (χ0n) is 10.2. The Kier molecular flexibility index (Phi) is 2.59. The fourth-order valence-corrected chi connectivity index (χ4v) is 2.02. The summed E-state index contributed by atoms with van der Waals surface area (Å²) in [6.45, 7) is 1.72. The van der Waals surface area contributed by atoms with E-state index in [1.165, 1.54) is 22.8 Å². The van der Waals surface area contributed by atoms with Crippen molar-refractivity contribution in [3.05, 3.63) is 64.6 Å². The number of benzene rings is 1. The maximum atomic E-state index is 13.3. The van der Waals surface area contributed by atoms with E-state index in [4.69, 9.17) is 0 Å². The van der Waals surface area contributed by atoms with Crippen molar-refractivity contribution in [2.75, 3.05) is 0 Å². The molecule has 94 valence electrons.